The third-order valence-electron chi connectivity index (χ3n) is 2.43. The number of methoxy groups -OCH3 is 1. The maximum atomic E-state index is 9.36. The molecule has 0 aliphatic carbocycles. The van der Waals surface area contributed by atoms with Gasteiger partial charge in [-0.25, -0.2) is 0 Å². The number of aliphatic hydroxyl groups excluding tert-OH is 1. The second-order valence-electron chi connectivity index (χ2n) is 3.95. The van der Waals surface area contributed by atoms with Crippen molar-refractivity contribution >= 4 is 0 Å². The second-order valence-corrected chi connectivity index (χ2v) is 3.95. The highest BCUT2D eigenvalue weighted by molar-refractivity contribution is 5.28. The first-order chi connectivity index (χ1) is 7.63. The first kappa shape index (κ1) is 13.0. The molecule has 0 saturated carbocycles. The van der Waals surface area contributed by atoms with Gasteiger partial charge in [0.05, 0.1) is 12.2 Å². The molecule has 0 aliphatic rings. The molecule has 3 heteroatoms. The molecule has 0 bridgehead atoms. The van der Waals surface area contributed by atoms with Crippen molar-refractivity contribution in [1.29, 1.82) is 0 Å². The van der Waals surface area contributed by atoms with Crippen molar-refractivity contribution in [2.45, 2.75) is 32.5 Å². The molecule has 1 unspecified atom stereocenters. The molecule has 0 spiro atoms. The fourth-order valence-electron chi connectivity index (χ4n) is 1.40. The number of benzene rings is 1. The molecular weight excluding hydrogens is 204 g/mol. The van der Waals surface area contributed by atoms with Gasteiger partial charge in [-0.05, 0) is 31.5 Å². The Hall–Kier alpha value is -1.06. The van der Waals surface area contributed by atoms with Gasteiger partial charge in [0.1, 0.15) is 5.75 Å². The van der Waals surface area contributed by atoms with Gasteiger partial charge in [-0.3, -0.25) is 0 Å². The third kappa shape index (κ3) is 4.21. The normalized spacial score (nSPS) is 14.5. The monoisotopic (exact) mass is 224 g/mol. The molecule has 3 nitrogen and oxygen atoms in total. The highest BCUT2D eigenvalue weighted by Crippen LogP contribution is 2.18. The lowest BCUT2D eigenvalue weighted by atomic mass is 10.1. The minimum Gasteiger partial charge on any atom is -0.491 e. The zero-order valence-electron chi connectivity index (χ0n) is 10.1. The molecule has 1 N–H and O–H groups in total. The fourth-order valence-corrected chi connectivity index (χ4v) is 1.40. The maximum Gasteiger partial charge on any atom is 0.119 e. The van der Waals surface area contributed by atoms with Crippen LogP contribution >= 0.6 is 0 Å². The van der Waals surface area contributed by atoms with E-state index in [9.17, 15) is 5.11 Å². The smallest absolute Gasteiger partial charge is 0.119 e. The molecule has 0 saturated heterocycles. The Bertz CT molecular complexity index is 293. The Morgan fingerprint density at radius 1 is 1.19 bits per heavy atom. The van der Waals surface area contributed by atoms with Gasteiger partial charge in [-0.2, -0.15) is 0 Å². The predicted octanol–water partition coefficient (Wildman–Crippen LogP) is 2.54. The van der Waals surface area contributed by atoms with E-state index in [1.54, 1.807) is 14.0 Å². The molecule has 90 valence electrons. The zero-order valence-corrected chi connectivity index (χ0v) is 10.1. The van der Waals surface area contributed by atoms with Gasteiger partial charge in [0, 0.05) is 20.1 Å². The van der Waals surface area contributed by atoms with Crippen molar-refractivity contribution in [3.63, 3.8) is 0 Å². The topological polar surface area (TPSA) is 38.7 Å². The van der Waals surface area contributed by atoms with Crippen LogP contribution in [0.2, 0.25) is 0 Å². The van der Waals surface area contributed by atoms with Crippen LogP contribution in [0.4, 0.5) is 0 Å². The van der Waals surface area contributed by atoms with Crippen molar-refractivity contribution in [2.75, 3.05) is 13.7 Å². The molecule has 16 heavy (non-hydrogen) atoms. The number of hydrogen-bond acceptors (Lipinski definition) is 3. The summed E-state index contributed by atoms with van der Waals surface area (Å²) < 4.78 is 10.7. The molecule has 2 atom stereocenters. The van der Waals surface area contributed by atoms with E-state index < -0.39 is 6.10 Å². The maximum absolute atomic E-state index is 9.36. The Labute approximate surface area is 97.0 Å². The van der Waals surface area contributed by atoms with Crippen LogP contribution in [0.3, 0.4) is 0 Å². The van der Waals surface area contributed by atoms with Crippen LogP contribution in [-0.4, -0.2) is 24.9 Å². The Morgan fingerprint density at radius 2 is 1.81 bits per heavy atom. The minimum absolute atomic E-state index is 0.136. The van der Waals surface area contributed by atoms with E-state index >= 15 is 0 Å². The lowest BCUT2D eigenvalue weighted by Crippen LogP contribution is -2.14. The van der Waals surface area contributed by atoms with Crippen molar-refractivity contribution in [3.05, 3.63) is 29.8 Å². The van der Waals surface area contributed by atoms with Crippen LogP contribution in [0.25, 0.3) is 0 Å². The molecule has 0 heterocycles. The fraction of sp³-hybridized carbons (Fsp3) is 0.538. The van der Waals surface area contributed by atoms with Crippen molar-refractivity contribution in [2.24, 2.45) is 0 Å². The van der Waals surface area contributed by atoms with Gasteiger partial charge >= 0.3 is 0 Å². The molecule has 1 aromatic carbocycles. The summed E-state index contributed by atoms with van der Waals surface area (Å²) in [7, 11) is 1.68. The standard InChI is InChI=1S/C13H20O3/c1-10(8-9-15-3)16-13-6-4-12(5-7-13)11(2)14/h4-7,10-11,14H,8-9H2,1-3H3/t10?,11-/m0/s1. The van der Waals surface area contributed by atoms with Gasteiger partial charge < -0.3 is 14.6 Å². The molecule has 0 aliphatic heterocycles. The van der Waals surface area contributed by atoms with E-state index in [4.69, 9.17) is 9.47 Å². The van der Waals surface area contributed by atoms with E-state index in [0.29, 0.717) is 6.61 Å². The third-order valence-corrected chi connectivity index (χ3v) is 2.43. The average Bonchev–Trinajstić information content (AvgIpc) is 2.27. The van der Waals surface area contributed by atoms with Crippen LogP contribution in [0.5, 0.6) is 5.75 Å². The minimum atomic E-state index is -0.431. The number of rotatable bonds is 6. The summed E-state index contributed by atoms with van der Waals surface area (Å²) in [4.78, 5) is 0. The van der Waals surface area contributed by atoms with E-state index in [-0.39, 0.29) is 6.10 Å². The average molecular weight is 224 g/mol. The summed E-state index contributed by atoms with van der Waals surface area (Å²) >= 11 is 0. The largest absolute Gasteiger partial charge is 0.491 e. The van der Waals surface area contributed by atoms with Crippen LogP contribution in [0, 0.1) is 0 Å². The molecule has 1 rings (SSSR count). The summed E-state index contributed by atoms with van der Waals surface area (Å²) in [5, 5.41) is 9.36. The highest BCUT2D eigenvalue weighted by Gasteiger charge is 2.05. The van der Waals surface area contributed by atoms with E-state index in [2.05, 4.69) is 0 Å². The lowest BCUT2D eigenvalue weighted by molar-refractivity contribution is 0.135. The molecule has 0 aromatic heterocycles. The summed E-state index contributed by atoms with van der Waals surface area (Å²) in [5.41, 5.74) is 0.900. The SMILES string of the molecule is COCCC(C)Oc1ccc([C@H](C)O)cc1. The highest BCUT2D eigenvalue weighted by atomic mass is 16.5. The van der Waals surface area contributed by atoms with Crippen molar-refractivity contribution in [3.8, 4) is 5.75 Å². The summed E-state index contributed by atoms with van der Waals surface area (Å²) in [6, 6.07) is 7.52. The van der Waals surface area contributed by atoms with Crippen LogP contribution in [0.1, 0.15) is 31.9 Å². The number of aliphatic hydroxyl groups is 1. The Balaban J connectivity index is 2.48. The van der Waals surface area contributed by atoms with E-state index in [1.807, 2.05) is 31.2 Å². The zero-order chi connectivity index (χ0) is 12.0. The summed E-state index contributed by atoms with van der Waals surface area (Å²) in [5.74, 6) is 0.827. The number of ether oxygens (including phenoxy) is 2. The molecule has 0 amide bonds. The Morgan fingerprint density at radius 3 is 2.31 bits per heavy atom. The first-order valence-corrected chi connectivity index (χ1v) is 5.57. The number of hydrogen-bond donors (Lipinski definition) is 1. The van der Waals surface area contributed by atoms with Crippen molar-refractivity contribution in [1.82, 2.24) is 0 Å². The van der Waals surface area contributed by atoms with Crippen LogP contribution in [0.15, 0.2) is 24.3 Å². The molecule has 0 radical (unpaired) electrons. The quantitative estimate of drug-likeness (QED) is 0.807. The van der Waals surface area contributed by atoms with Gasteiger partial charge in [-0.1, -0.05) is 12.1 Å². The van der Waals surface area contributed by atoms with Gasteiger partial charge in [-0.15, -0.1) is 0 Å². The van der Waals surface area contributed by atoms with Gasteiger partial charge in [0.15, 0.2) is 0 Å². The molecule has 0 fully saturated rings. The lowest BCUT2D eigenvalue weighted by Gasteiger charge is -2.14. The Kier molecular flexibility index (Phi) is 5.29. The molecular formula is C13H20O3. The van der Waals surface area contributed by atoms with Crippen molar-refractivity contribution < 1.29 is 14.6 Å². The van der Waals surface area contributed by atoms with Crippen LogP contribution < -0.4 is 4.74 Å². The predicted molar refractivity (Wildman–Crippen MR) is 63.7 cm³/mol. The second kappa shape index (κ2) is 6.51. The summed E-state index contributed by atoms with van der Waals surface area (Å²) in [6.45, 7) is 4.46. The van der Waals surface area contributed by atoms with E-state index in [0.717, 1.165) is 17.7 Å². The van der Waals surface area contributed by atoms with Gasteiger partial charge in [0.2, 0.25) is 0 Å². The first-order valence-electron chi connectivity index (χ1n) is 5.57. The van der Waals surface area contributed by atoms with E-state index in [1.165, 1.54) is 0 Å². The molecule has 1 aromatic rings. The van der Waals surface area contributed by atoms with Crippen LogP contribution in [-0.2, 0) is 4.74 Å². The van der Waals surface area contributed by atoms with Gasteiger partial charge in [0.25, 0.3) is 0 Å². The summed E-state index contributed by atoms with van der Waals surface area (Å²) in [6.07, 6.45) is 0.576.